The molecular formula is C25H19Cl2NO4. The van der Waals surface area contributed by atoms with Gasteiger partial charge < -0.3 is 14.2 Å². The van der Waals surface area contributed by atoms with E-state index in [9.17, 15) is 4.79 Å². The number of hydrogen-bond donors (Lipinski definition) is 0. The van der Waals surface area contributed by atoms with E-state index in [2.05, 4.69) is 4.99 Å². The quantitative estimate of drug-likeness (QED) is 0.318. The normalized spacial score (nSPS) is 14.3. The summed E-state index contributed by atoms with van der Waals surface area (Å²) in [6, 6.07) is 18.2. The van der Waals surface area contributed by atoms with E-state index in [0.717, 1.165) is 11.1 Å². The van der Waals surface area contributed by atoms with Crippen LogP contribution < -0.4 is 9.47 Å². The number of ether oxygens (including phenoxy) is 3. The number of halogens is 2. The predicted octanol–water partition coefficient (Wildman–Crippen LogP) is 6.23. The molecule has 3 aromatic rings. The van der Waals surface area contributed by atoms with Crippen molar-refractivity contribution in [2.45, 2.75) is 13.5 Å². The highest BCUT2D eigenvalue weighted by Crippen LogP contribution is 2.32. The molecule has 0 atom stereocenters. The maximum Gasteiger partial charge on any atom is 0.363 e. The Morgan fingerprint density at radius 2 is 1.72 bits per heavy atom. The first-order valence-corrected chi connectivity index (χ1v) is 10.5. The molecule has 0 saturated heterocycles. The molecule has 0 radical (unpaired) electrons. The van der Waals surface area contributed by atoms with Crippen LogP contribution in [-0.2, 0) is 16.1 Å². The van der Waals surface area contributed by atoms with Gasteiger partial charge in [0.05, 0.1) is 7.11 Å². The van der Waals surface area contributed by atoms with Crippen LogP contribution in [0.3, 0.4) is 0 Å². The van der Waals surface area contributed by atoms with Gasteiger partial charge in [-0.15, -0.1) is 0 Å². The molecule has 0 unspecified atom stereocenters. The molecule has 0 amide bonds. The molecule has 3 aromatic carbocycles. The van der Waals surface area contributed by atoms with Crippen LogP contribution in [0.25, 0.3) is 6.08 Å². The van der Waals surface area contributed by atoms with Gasteiger partial charge in [0.1, 0.15) is 6.61 Å². The molecule has 7 heteroatoms. The summed E-state index contributed by atoms with van der Waals surface area (Å²) in [5.74, 6) is 0.790. The average molecular weight is 468 g/mol. The number of rotatable bonds is 6. The Bertz CT molecular complexity index is 1210. The van der Waals surface area contributed by atoms with Gasteiger partial charge in [-0.25, -0.2) is 9.79 Å². The summed E-state index contributed by atoms with van der Waals surface area (Å²) < 4.78 is 16.7. The van der Waals surface area contributed by atoms with Gasteiger partial charge in [-0.05, 0) is 55.0 Å². The van der Waals surface area contributed by atoms with Gasteiger partial charge in [-0.3, -0.25) is 0 Å². The molecule has 0 N–H and O–H groups in total. The number of cyclic esters (lactones) is 1. The van der Waals surface area contributed by atoms with Crippen molar-refractivity contribution in [2.24, 2.45) is 4.99 Å². The largest absolute Gasteiger partial charge is 0.493 e. The number of aryl methyl sites for hydroxylation is 1. The van der Waals surface area contributed by atoms with E-state index in [1.54, 1.807) is 49.6 Å². The zero-order valence-corrected chi connectivity index (χ0v) is 18.9. The minimum absolute atomic E-state index is 0.186. The smallest absolute Gasteiger partial charge is 0.363 e. The van der Waals surface area contributed by atoms with Crippen molar-refractivity contribution < 1.29 is 19.0 Å². The third-order valence-corrected chi connectivity index (χ3v) is 5.55. The van der Waals surface area contributed by atoms with Crippen LogP contribution in [0.1, 0.15) is 22.3 Å². The Balaban J connectivity index is 1.55. The highest BCUT2D eigenvalue weighted by Gasteiger charge is 2.24. The monoisotopic (exact) mass is 467 g/mol. The average Bonchev–Trinajstić information content (AvgIpc) is 3.14. The second kappa shape index (κ2) is 9.47. The number of nitrogens with zero attached hydrogens (tertiary/aromatic N) is 1. The highest BCUT2D eigenvalue weighted by molar-refractivity contribution is 6.35. The summed E-state index contributed by atoms with van der Waals surface area (Å²) >= 11 is 12.4. The van der Waals surface area contributed by atoms with Gasteiger partial charge in [0.2, 0.25) is 5.90 Å². The minimum Gasteiger partial charge on any atom is -0.493 e. The minimum atomic E-state index is -0.506. The molecule has 5 nitrogen and oxygen atoms in total. The van der Waals surface area contributed by atoms with E-state index in [4.69, 9.17) is 37.4 Å². The molecule has 0 aromatic heterocycles. The van der Waals surface area contributed by atoms with E-state index in [0.29, 0.717) is 32.7 Å². The fourth-order valence-electron chi connectivity index (χ4n) is 3.10. The van der Waals surface area contributed by atoms with Gasteiger partial charge in [0.25, 0.3) is 0 Å². The van der Waals surface area contributed by atoms with Crippen LogP contribution in [0.4, 0.5) is 0 Å². The third-order valence-electron chi connectivity index (χ3n) is 4.84. The lowest BCUT2D eigenvalue weighted by Crippen LogP contribution is -2.05. The Hall–Kier alpha value is -3.28. The number of benzene rings is 3. The van der Waals surface area contributed by atoms with E-state index < -0.39 is 5.97 Å². The molecule has 0 fully saturated rings. The first-order valence-electron chi connectivity index (χ1n) is 9.78. The maximum atomic E-state index is 12.3. The van der Waals surface area contributed by atoms with Crippen LogP contribution in [0.2, 0.25) is 10.0 Å². The number of carbonyl (C=O) groups excluding carboxylic acids is 1. The number of methoxy groups -OCH3 is 1. The standard InChI is InChI=1S/C25H19Cl2NO4/c1-15-6-9-17(10-7-15)24-28-21(25(29)32-24)12-16-8-11-22(23(13-16)30-2)31-14-18-19(26)4-3-5-20(18)27/h3-13H,14H2,1-2H3. The summed E-state index contributed by atoms with van der Waals surface area (Å²) in [6.45, 7) is 2.17. The number of carbonyl (C=O) groups is 1. The maximum absolute atomic E-state index is 12.3. The number of esters is 1. The second-order valence-electron chi connectivity index (χ2n) is 7.10. The van der Waals surface area contributed by atoms with Gasteiger partial charge in [0, 0.05) is 21.2 Å². The first-order chi connectivity index (χ1) is 15.4. The fraction of sp³-hybridized carbons (Fsp3) is 0.120. The highest BCUT2D eigenvalue weighted by atomic mass is 35.5. The van der Waals surface area contributed by atoms with Crippen LogP contribution >= 0.6 is 23.2 Å². The third kappa shape index (κ3) is 4.79. The van der Waals surface area contributed by atoms with Crippen LogP contribution in [-0.4, -0.2) is 19.0 Å². The van der Waals surface area contributed by atoms with Crippen molar-refractivity contribution in [3.8, 4) is 11.5 Å². The summed E-state index contributed by atoms with van der Waals surface area (Å²) in [6.07, 6.45) is 1.64. The molecule has 1 aliphatic rings. The Kier molecular flexibility index (Phi) is 6.49. The Morgan fingerprint density at radius 3 is 2.41 bits per heavy atom. The molecule has 1 heterocycles. The molecule has 162 valence electrons. The van der Waals surface area contributed by atoms with E-state index >= 15 is 0 Å². The summed E-state index contributed by atoms with van der Waals surface area (Å²) in [5.41, 5.74) is 3.47. The first kappa shape index (κ1) is 21.9. The van der Waals surface area contributed by atoms with E-state index in [1.165, 1.54) is 0 Å². The predicted molar refractivity (Wildman–Crippen MR) is 126 cm³/mol. The van der Waals surface area contributed by atoms with Crippen LogP contribution in [0.15, 0.2) is 71.4 Å². The molecule has 4 rings (SSSR count). The zero-order valence-electron chi connectivity index (χ0n) is 17.4. The second-order valence-corrected chi connectivity index (χ2v) is 7.92. The lowest BCUT2D eigenvalue weighted by molar-refractivity contribution is -0.129. The van der Waals surface area contributed by atoms with Gasteiger partial charge in [-0.1, -0.05) is 53.0 Å². The SMILES string of the molecule is COc1cc(C=C2N=C(c3ccc(C)cc3)OC2=O)ccc1OCc1c(Cl)cccc1Cl. The van der Waals surface area contributed by atoms with Crippen molar-refractivity contribution in [3.05, 3.63) is 98.7 Å². The van der Waals surface area contributed by atoms with Crippen molar-refractivity contribution in [3.63, 3.8) is 0 Å². The molecule has 1 aliphatic heterocycles. The fourth-order valence-corrected chi connectivity index (χ4v) is 3.61. The summed E-state index contributed by atoms with van der Waals surface area (Å²) in [7, 11) is 1.54. The molecular weight excluding hydrogens is 449 g/mol. The van der Waals surface area contributed by atoms with Gasteiger partial charge in [-0.2, -0.15) is 0 Å². The molecule has 0 bridgehead atoms. The van der Waals surface area contributed by atoms with Crippen molar-refractivity contribution in [1.82, 2.24) is 0 Å². The molecule has 0 spiro atoms. The number of hydrogen-bond acceptors (Lipinski definition) is 5. The van der Waals surface area contributed by atoms with Crippen molar-refractivity contribution >= 4 is 41.1 Å². The summed E-state index contributed by atoms with van der Waals surface area (Å²) in [4.78, 5) is 16.6. The summed E-state index contributed by atoms with van der Waals surface area (Å²) in [5, 5.41) is 1.06. The van der Waals surface area contributed by atoms with Gasteiger partial charge >= 0.3 is 5.97 Å². The van der Waals surface area contributed by atoms with Gasteiger partial charge in [0.15, 0.2) is 17.2 Å². The lowest BCUT2D eigenvalue weighted by atomic mass is 10.1. The topological polar surface area (TPSA) is 57.1 Å². The molecule has 0 aliphatic carbocycles. The Labute approximate surface area is 195 Å². The Morgan fingerprint density at radius 1 is 1.00 bits per heavy atom. The zero-order chi connectivity index (χ0) is 22.7. The van der Waals surface area contributed by atoms with Crippen molar-refractivity contribution in [1.29, 1.82) is 0 Å². The molecule has 32 heavy (non-hydrogen) atoms. The number of aliphatic imine (C=N–C) groups is 1. The van der Waals surface area contributed by atoms with E-state index in [1.807, 2.05) is 31.2 Å². The van der Waals surface area contributed by atoms with E-state index in [-0.39, 0.29) is 18.2 Å². The van der Waals surface area contributed by atoms with Crippen LogP contribution in [0, 0.1) is 6.92 Å². The van der Waals surface area contributed by atoms with Crippen LogP contribution in [0.5, 0.6) is 11.5 Å². The van der Waals surface area contributed by atoms with Crippen molar-refractivity contribution in [2.75, 3.05) is 7.11 Å². The lowest BCUT2D eigenvalue weighted by Gasteiger charge is -2.13. The molecule has 0 saturated carbocycles.